The summed E-state index contributed by atoms with van der Waals surface area (Å²) in [5.41, 5.74) is 2.43. The van der Waals surface area contributed by atoms with Crippen molar-refractivity contribution in [1.29, 1.82) is 0 Å². The fourth-order valence-corrected chi connectivity index (χ4v) is 3.89. The molecule has 0 atom stereocenters. The van der Waals surface area contributed by atoms with E-state index in [9.17, 15) is 9.59 Å². The highest BCUT2D eigenvalue weighted by molar-refractivity contribution is 6.30. The first-order chi connectivity index (χ1) is 14.5. The van der Waals surface area contributed by atoms with Crippen LogP contribution in [0.15, 0.2) is 48.5 Å². The Labute approximate surface area is 183 Å². The topological polar surface area (TPSA) is 64.7 Å². The molecule has 3 rings (SSSR count). The number of rotatable bonds is 6. The summed E-state index contributed by atoms with van der Waals surface area (Å²) in [6.45, 7) is 7.27. The molecule has 0 spiro atoms. The fourth-order valence-electron chi connectivity index (χ4n) is 3.70. The van der Waals surface area contributed by atoms with Gasteiger partial charge < -0.3 is 20.4 Å². The number of nitrogens with one attached hydrogen (secondary N) is 2. The number of benzene rings is 2. The standard InChI is InChI=1S/C23H29ClN4O2/c1-3-17(4-2)22(29)28-14-12-27(13-15-28)21-10-8-19(9-11-21)25-23(30)26-20-7-5-6-18(24)16-20/h5-11,16-17H,3-4,12-15H2,1-2H3,(H2,25,26,30). The van der Waals surface area contributed by atoms with Gasteiger partial charge in [0.2, 0.25) is 5.91 Å². The molecule has 2 N–H and O–H groups in total. The van der Waals surface area contributed by atoms with Crippen molar-refractivity contribution in [2.45, 2.75) is 26.7 Å². The van der Waals surface area contributed by atoms with E-state index in [2.05, 4.69) is 29.4 Å². The third-order valence-electron chi connectivity index (χ3n) is 5.50. The lowest BCUT2D eigenvalue weighted by atomic mass is 10.0. The minimum Gasteiger partial charge on any atom is -0.368 e. The summed E-state index contributed by atoms with van der Waals surface area (Å²) in [5, 5.41) is 6.15. The summed E-state index contributed by atoms with van der Waals surface area (Å²) in [4.78, 5) is 29.0. The minimum absolute atomic E-state index is 0.139. The second-order valence-corrected chi connectivity index (χ2v) is 7.90. The van der Waals surface area contributed by atoms with Crippen molar-refractivity contribution in [2.24, 2.45) is 5.92 Å². The van der Waals surface area contributed by atoms with Gasteiger partial charge in [-0.05, 0) is 55.3 Å². The van der Waals surface area contributed by atoms with Crippen molar-refractivity contribution in [3.05, 3.63) is 53.6 Å². The van der Waals surface area contributed by atoms with E-state index in [4.69, 9.17) is 11.6 Å². The maximum Gasteiger partial charge on any atom is 0.323 e. The Balaban J connectivity index is 1.51. The maximum atomic E-state index is 12.6. The minimum atomic E-state index is -0.321. The Morgan fingerprint density at radius 2 is 1.57 bits per heavy atom. The van der Waals surface area contributed by atoms with Gasteiger partial charge in [0.1, 0.15) is 0 Å². The summed E-state index contributed by atoms with van der Waals surface area (Å²) in [6.07, 6.45) is 1.80. The van der Waals surface area contributed by atoms with Crippen LogP contribution in [-0.2, 0) is 4.79 Å². The molecule has 2 aromatic carbocycles. The first-order valence-corrected chi connectivity index (χ1v) is 10.8. The molecule has 0 aliphatic carbocycles. The second-order valence-electron chi connectivity index (χ2n) is 7.46. The van der Waals surface area contributed by atoms with Gasteiger partial charge in [0, 0.05) is 54.2 Å². The summed E-state index contributed by atoms with van der Waals surface area (Å²) >= 11 is 5.94. The zero-order valence-corrected chi connectivity index (χ0v) is 18.3. The molecular formula is C23H29ClN4O2. The lowest BCUT2D eigenvalue weighted by Crippen LogP contribution is -2.50. The third kappa shape index (κ3) is 5.66. The number of hydrogen-bond donors (Lipinski definition) is 2. The molecule has 7 heteroatoms. The van der Waals surface area contributed by atoms with Crippen LogP contribution in [0, 0.1) is 5.92 Å². The second kappa shape index (κ2) is 10.3. The summed E-state index contributed by atoms with van der Waals surface area (Å²) in [5.74, 6) is 0.421. The number of halogens is 1. The molecule has 0 aromatic heterocycles. The quantitative estimate of drug-likeness (QED) is 0.675. The predicted molar refractivity (Wildman–Crippen MR) is 123 cm³/mol. The van der Waals surface area contributed by atoms with Crippen molar-refractivity contribution in [1.82, 2.24) is 4.90 Å². The smallest absolute Gasteiger partial charge is 0.323 e. The van der Waals surface area contributed by atoms with Gasteiger partial charge >= 0.3 is 6.03 Å². The van der Waals surface area contributed by atoms with Crippen LogP contribution in [-0.4, -0.2) is 43.0 Å². The van der Waals surface area contributed by atoms with Gasteiger partial charge in [-0.3, -0.25) is 4.79 Å². The summed E-state index contributed by atoms with van der Waals surface area (Å²) in [6, 6.07) is 14.4. The Morgan fingerprint density at radius 1 is 0.933 bits per heavy atom. The van der Waals surface area contributed by atoms with E-state index in [1.165, 1.54) is 0 Å². The van der Waals surface area contributed by atoms with E-state index in [1.807, 2.05) is 29.2 Å². The van der Waals surface area contributed by atoms with Gasteiger partial charge in [-0.2, -0.15) is 0 Å². The van der Waals surface area contributed by atoms with Gasteiger partial charge in [0.25, 0.3) is 0 Å². The molecule has 2 aromatic rings. The molecule has 1 saturated heterocycles. The highest BCUT2D eigenvalue weighted by Crippen LogP contribution is 2.21. The molecule has 1 fully saturated rings. The van der Waals surface area contributed by atoms with Gasteiger partial charge in [-0.25, -0.2) is 4.79 Å². The van der Waals surface area contributed by atoms with E-state index < -0.39 is 0 Å². The Bertz CT molecular complexity index is 860. The highest BCUT2D eigenvalue weighted by atomic mass is 35.5. The molecule has 0 radical (unpaired) electrons. The van der Waals surface area contributed by atoms with E-state index in [0.29, 0.717) is 16.4 Å². The van der Waals surface area contributed by atoms with E-state index in [-0.39, 0.29) is 17.9 Å². The number of piperazine rings is 1. The monoisotopic (exact) mass is 428 g/mol. The summed E-state index contributed by atoms with van der Waals surface area (Å²) in [7, 11) is 0. The van der Waals surface area contributed by atoms with Crippen molar-refractivity contribution >= 4 is 40.6 Å². The van der Waals surface area contributed by atoms with E-state index >= 15 is 0 Å². The molecule has 6 nitrogen and oxygen atoms in total. The Kier molecular flexibility index (Phi) is 7.57. The van der Waals surface area contributed by atoms with Gasteiger partial charge in [-0.15, -0.1) is 0 Å². The largest absolute Gasteiger partial charge is 0.368 e. The maximum absolute atomic E-state index is 12.6. The van der Waals surface area contributed by atoms with Crippen LogP contribution in [0.2, 0.25) is 5.02 Å². The van der Waals surface area contributed by atoms with Crippen LogP contribution in [0.25, 0.3) is 0 Å². The van der Waals surface area contributed by atoms with Crippen molar-refractivity contribution in [2.75, 3.05) is 41.7 Å². The van der Waals surface area contributed by atoms with Crippen LogP contribution < -0.4 is 15.5 Å². The Hall–Kier alpha value is -2.73. The zero-order chi connectivity index (χ0) is 21.5. The summed E-state index contributed by atoms with van der Waals surface area (Å²) < 4.78 is 0. The first-order valence-electron chi connectivity index (χ1n) is 10.5. The number of urea groups is 1. The SMILES string of the molecule is CCC(CC)C(=O)N1CCN(c2ccc(NC(=O)Nc3cccc(Cl)c3)cc2)CC1. The van der Waals surface area contributed by atoms with Crippen molar-refractivity contribution in [3.63, 3.8) is 0 Å². The van der Waals surface area contributed by atoms with Gasteiger partial charge in [0.15, 0.2) is 0 Å². The van der Waals surface area contributed by atoms with Gasteiger partial charge in [0.05, 0.1) is 0 Å². The van der Waals surface area contributed by atoms with Crippen LogP contribution in [0.1, 0.15) is 26.7 Å². The molecule has 1 heterocycles. The lowest BCUT2D eigenvalue weighted by Gasteiger charge is -2.37. The molecule has 30 heavy (non-hydrogen) atoms. The number of nitrogens with zero attached hydrogens (tertiary/aromatic N) is 2. The third-order valence-corrected chi connectivity index (χ3v) is 5.73. The molecule has 0 bridgehead atoms. The first kappa shape index (κ1) is 22.0. The molecule has 160 valence electrons. The number of carbonyl (C=O) groups is 2. The molecule has 0 saturated carbocycles. The average molecular weight is 429 g/mol. The molecule has 1 aliphatic rings. The van der Waals surface area contributed by atoms with Gasteiger partial charge in [-0.1, -0.05) is 31.5 Å². The van der Waals surface area contributed by atoms with Crippen LogP contribution in [0.3, 0.4) is 0 Å². The number of anilines is 3. The fraction of sp³-hybridized carbons (Fsp3) is 0.391. The molecular weight excluding hydrogens is 400 g/mol. The predicted octanol–water partition coefficient (Wildman–Crippen LogP) is 5.07. The lowest BCUT2D eigenvalue weighted by molar-refractivity contribution is -0.136. The van der Waals surface area contributed by atoms with Crippen LogP contribution in [0.5, 0.6) is 0 Å². The average Bonchev–Trinajstić information content (AvgIpc) is 2.75. The number of amides is 3. The van der Waals surface area contributed by atoms with Crippen LogP contribution >= 0.6 is 11.6 Å². The van der Waals surface area contributed by atoms with Crippen molar-refractivity contribution in [3.8, 4) is 0 Å². The molecule has 0 unspecified atom stereocenters. The number of hydrogen-bond acceptors (Lipinski definition) is 3. The zero-order valence-electron chi connectivity index (χ0n) is 17.5. The highest BCUT2D eigenvalue weighted by Gasteiger charge is 2.25. The van der Waals surface area contributed by atoms with E-state index in [0.717, 1.165) is 44.7 Å². The number of carbonyl (C=O) groups excluding carboxylic acids is 2. The molecule has 3 amide bonds. The van der Waals surface area contributed by atoms with Crippen molar-refractivity contribution < 1.29 is 9.59 Å². The van der Waals surface area contributed by atoms with Crippen LogP contribution in [0.4, 0.5) is 21.9 Å². The molecule has 1 aliphatic heterocycles. The normalized spacial score (nSPS) is 14.0. The Morgan fingerprint density at radius 3 is 2.17 bits per heavy atom. The van der Waals surface area contributed by atoms with E-state index in [1.54, 1.807) is 24.3 Å².